The lowest BCUT2D eigenvalue weighted by molar-refractivity contribution is -0.125. The number of nitrogens with zero attached hydrogens (tertiary/aromatic N) is 3. The topological polar surface area (TPSA) is 91.8 Å². The highest BCUT2D eigenvalue weighted by Crippen LogP contribution is 2.25. The standard InChI is InChI=1S/C19H24N4O4S2/c1-20-29(25,26)17-14-15(4-6-16(17)27-2)5-7-18(24)22-9-3-10-23(12-11-22)19-21-8-13-28-19/h4-8,13-14,20H,3,9-12H2,1-2H3/b7-5+. The fraction of sp³-hybridized carbons (Fsp3) is 0.368. The number of hydrogen-bond acceptors (Lipinski definition) is 7. The molecule has 0 atom stereocenters. The molecule has 1 fully saturated rings. The molecule has 2 heterocycles. The first kappa shape index (κ1) is 21.3. The van der Waals surface area contributed by atoms with E-state index in [0.717, 1.165) is 24.6 Å². The molecule has 0 unspecified atom stereocenters. The molecule has 2 aromatic rings. The summed E-state index contributed by atoms with van der Waals surface area (Å²) in [7, 11) is -0.913. The lowest BCUT2D eigenvalue weighted by Crippen LogP contribution is -2.34. The zero-order valence-electron chi connectivity index (χ0n) is 16.4. The molecular formula is C19H24N4O4S2. The number of carbonyl (C=O) groups is 1. The van der Waals surface area contributed by atoms with Crippen molar-refractivity contribution in [2.45, 2.75) is 11.3 Å². The van der Waals surface area contributed by atoms with Crippen LogP contribution in [0.1, 0.15) is 12.0 Å². The highest BCUT2D eigenvalue weighted by Gasteiger charge is 2.20. The van der Waals surface area contributed by atoms with Crippen LogP contribution >= 0.6 is 11.3 Å². The van der Waals surface area contributed by atoms with Crippen LogP contribution < -0.4 is 14.4 Å². The van der Waals surface area contributed by atoms with E-state index in [-0.39, 0.29) is 16.6 Å². The third-order valence-electron chi connectivity index (χ3n) is 4.66. The third-order valence-corrected chi connectivity index (χ3v) is 6.93. The van der Waals surface area contributed by atoms with Gasteiger partial charge in [0, 0.05) is 43.8 Å². The van der Waals surface area contributed by atoms with Crippen LogP contribution in [0.4, 0.5) is 5.13 Å². The number of anilines is 1. The van der Waals surface area contributed by atoms with E-state index in [1.54, 1.807) is 40.6 Å². The largest absolute Gasteiger partial charge is 0.495 e. The molecule has 1 amide bonds. The minimum absolute atomic E-state index is 0.0333. The van der Waals surface area contributed by atoms with E-state index in [1.165, 1.54) is 26.3 Å². The number of ether oxygens (including phenoxy) is 1. The Balaban J connectivity index is 1.69. The van der Waals surface area contributed by atoms with Gasteiger partial charge >= 0.3 is 0 Å². The van der Waals surface area contributed by atoms with Crippen LogP contribution in [0, 0.1) is 0 Å². The van der Waals surface area contributed by atoms with E-state index in [2.05, 4.69) is 14.6 Å². The number of rotatable bonds is 6. The van der Waals surface area contributed by atoms with Crippen LogP contribution in [0.25, 0.3) is 6.08 Å². The van der Waals surface area contributed by atoms with E-state index in [4.69, 9.17) is 4.74 Å². The van der Waals surface area contributed by atoms with Gasteiger partial charge in [-0.25, -0.2) is 18.1 Å². The number of thiazole rings is 1. The molecule has 1 N–H and O–H groups in total. The summed E-state index contributed by atoms with van der Waals surface area (Å²) in [4.78, 5) is 21.0. The molecule has 10 heteroatoms. The van der Waals surface area contributed by atoms with Crippen molar-refractivity contribution < 1.29 is 17.9 Å². The summed E-state index contributed by atoms with van der Waals surface area (Å²) in [6.07, 6.45) is 5.76. The first-order valence-electron chi connectivity index (χ1n) is 9.17. The molecule has 0 radical (unpaired) electrons. The normalized spacial score (nSPS) is 15.5. The van der Waals surface area contributed by atoms with Gasteiger partial charge in [-0.2, -0.15) is 0 Å². The fourth-order valence-electron chi connectivity index (χ4n) is 3.09. The number of sulfonamides is 1. The van der Waals surface area contributed by atoms with Gasteiger partial charge in [0.2, 0.25) is 15.9 Å². The maximum absolute atomic E-state index is 12.6. The summed E-state index contributed by atoms with van der Waals surface area (Å²) in [5, 5.41) is 2.93. The summed E-state index contributed by atoms with van der Waals surface area (Å²) >= 11 is 1.60. The molecule has 1 aromatic carbocycles. The van der Waals surface area contributed by atoms with Crippen LogP contribution in [-0.2, 0) is 14.8 Å². The highest BCUT2D eigenvalue weighted by atomic mass is 32.2. The van der Waals surface area contributed by atoms with E-state index in [1.807, 2.05) is 5.38 Å². The van der Waals surface area contributed by atoms with Crippen LogP contribution in [0.3, 0.4) is 0 Å². The van der Waals surface area contributed by atoms with E-state index < -0.39 is 10.0 Å². The number of methoxy groups -OCH3 is 1. The van der Waals surface area contributed by atoms with Crippen LogP contribution in [0.5, 0.6) is 5.75 Å². The Hall–Kier alpha value is -2.43. The lowest BCUT2D eigenvalue weighted by Gasteiger charge is -2.20. The van der Waals surface area contributed by atoms with Gasteiger partial charge in [0.25, 0.3) is 0 Å². The molecule has 1 aliphatic rings. The third kappa shape index (κ3) is 5.14. The van der Waals surface area contributed by atoms with E-state index in [0.29, 0.717) is 18.7 Å². The molecular weight excluding hydrogens is 412 g/mol. The molecule has 1 aliphatic heterocycles. The summed E-state index contributed by atoms with van der Waals surface area (Å²) in [6, 6.07) is 4.77. The van der Waals surface area contributed by atoms with Gasteiger partial charge < -0.3 is 14.5 Å². The van der Waals surface area contributed by atoms with Crippen molar-refractivity contribution in [2.75, 3.05) is 45.2 Å². The van der Waals surface area contributed by atoms with Gasteiger partial charge in [0.1, 0.15) is 10.6 Å². The summed E-state index contributed by atoms with van der Waals surface area (Å²) in [6.45, 7) is 2.89. The Morgan fingerprint density at radius 3 is 2.79 bits per heavy atom. The van der Waals surface area contributed by atoms with E-state index >= 15 is 0 Å². The number of amides is 1. The maximum Gasteiger partial charge on any atom is 0.246 e. The first-order chi connectivity index (χ1) is 13.9. The van der Waals surface area contributed by atoms with E-state index in [9.17, 15) is 13.2 Å². The average Bonchev–Trinajstić information content (AvgIpc) is 3.16. The summed E-state index contributed by atoms with van der Waals surface area (Å²) in [5.41, 5.74) is 0.604. The van der Waals surface area contributed by atoms with Gasteiger partial charge in [-0.1, -0.05) is 6.07 Å². The zero-order valence-corrected chi connectivity index (χ0v) is 18.0. The quantitative estimate of drug-likeness (QED) is 0.695. The minimum Gasteiger partial charge on any atom is -0.495 e. The molecule has 0 aliphatic carbocycles. The van der Waals surface area contributed by atoms with Gasteiger partial charge in [-0.15, -0.1) is 11.3 Å². The molecule has 29 heavy (non-hydrogen) atoms. The molecule has 3 rings (SSSR count). The second kappa shape index (κ2) is 9.38. The fourth-order valence-corrected chi connectivity index (χ4v) is 4.72. The second-order valence-corrected chi connectivity index (χ2v) is 9.16. The van der Waals surface area contributed by atoms with Gasteiger partial charge in [0.05, 0.1) is 7.11 Å². The summed E-state index contributed by atoms with van der Waals surface area (Å²) in [5.74, 6) is 0.150. The van der Waals surface area contributed by atoms with Crippen molar-refractivity contribution in [3.8, 4) is 5.75 Å². The lowest BCUT2D eigenvalue weighted by atomic mass is 10.2. The SMILES string of the molecule is CNS(=O)(=O)c1cc(/C=C/C(=O)N2CCCN(c3nccs3)CC2)ccc1OC. The van der Waals surface area contributed by atoms with Crippen molar-refractivity contribution in [2.24, 2.45) is 0 Å². The average molecular weight is 437 g/mol. The number of hydrogen-bond donors (Lipinski definition) is 1. The Bertz CT molecular complexity index is 974. The van der Waals surface area contributed by atoms with Gasteiger partial charge in [-0.05, 0) is 37.2 Å². The Labute approximate surface area is 174 Å². The number of nitrogens with one attached hydrogen (secondary N) is 1. The van der Waals surface area contributed by atoms with Gasteiger partial charge in [0.15, 0.2) is 5.13 Å². The Morgan fingerprint density at radius 1 is 1.28 bits per heavy atom. The minimum atomic E-state index is -3.67. The second-order valence-electron chi connectivity index (χ2n) is 6.43. The predicted octanol–water partition coefficient (Wildman–Crippen LogP) is 1.81. The Morgan fingerprint density at radius 2 is 2.10 bits per heavy atom. The van der Waals surface area contributed by atoms with Crippen LogP contribution in [-0.4, -0.2) is 64.5 Å². The molecule has 0 bridgehead atoms. The van der Waals surface area contributed by atoms with Crippen LogP contribution in [0.15, 0.2) is 40.7 Å². The van der Waals surface area contributed by atoms with Crippen molar-refractivity contribution in [1.29, 1.82) is 0 Å². The van der Waals surface area contributed by atoms with Gasteiger partial charge in [-0.3, -0.25) is 4.79 Å². The van der Waals surface area contributed by atoms with Crippen molar-refractivity contribution in [3.05, 3.63) is 41.4 Å². The Kier molecular flexibility index (Phi) is 6.88. The molecule has 0 saturated carbocycles. The van der Waals surface area contributed by atoms with Crippen molar-refractivity contribution in [1.82, 2.24) is 14.6 Å². The molecule has 1 aromatic heterocycles. The predicted molar refractivity (Wildman–Crippen MR) is 114 cm³/mol. The molecule has 0 spiro atoms. The smallest absolute Gasteiger partial charge is 0.246 e. The first-order valence-corrected chi connectivity index (χ1v) is 11.5. The zero-order chi connectivity index (χ0) is 20.9. The van der Waals surface area contributed by atoms with Crippen molar-refractivity contribution in [3.63, 3.8) is 0 Å². The monoisotopic (exact) mass is 436 g/mol. The summed E-state index contributed by atoms with van der Waals surface area (Å²) < 4.78 is 31.8. The highest BCUT2D eigenvalue weighted by molar-refractivity contribution is 7.89. The molecule has 8 nitrogen and oxygen atoms in total. The number of carbonyl (C=O) groups excluding carboxylic acids is 1. The van der Waals surface area contributed by atoms with Crippen LogP contribution in [0.2, 0.25) is 0 Å². The molecule has 156 valence electrons. The maximum atomic E-state index is 12.6. The number of aromatic nitrogens is 1. The number of benzene rings is 1. The molecule has 1 saturated heterocycles. The van der Waals surface area contributed by atoms with Crippen molar-refractivity contribution >= 4 is 38.5 Å².